The van der Waals surface area contributed by atoms with Gasteiger partial charge in [-0.1, -0.05) is 0 Å². The van der Waals surface area contributed by atoms with Crippen molar-refractivity contribution in [1.29, 1.82) is 0 Å². The molecule has 1 aliphatic carbocycles. The molecule has 3 heteroatoms. The van der Waals surface area contributed by atoms with Crippen LogP contribution in [-0.2, 0) is 14.4 Å². The van der Waals surface area contributed by atoms with E-state index in [1.807, 2.05) is 0 Å². The van der Waals surface area contributed by atoms with Gasteiger partial charge in [-0.2, -0.15) is 0 Å². The predicted molar refractivity (Wildman–Crippen MR) is 61.1 cm³/mol. The van der Waals surface area contributed by atoms with Gasteiger partial charge in [0.05, 0.1) is 0 Å². The summed E-state index contributed by atoms with van der Waals surface area (Å²) in [6.45, 7) is 3.16. The minimum Gasteiger partial charge on any atom is -0.300 e. The van der Waals surface area contributed by atoms with E-state index in [4.69, 9.17) is 0 Å². The number of hydrogen-bond acceptors (Lipinski definition) is 3. The number of ketones is 3. The van der Waals surface area contributed by atoms with Gasteiger partial charge >= 0.3 is 0 Å². The number of hydrogen-bond donors (Lipinski definition) is 0. The summed E-state index contributed by atoms with van der Waals surface area (Å²) >= 11 is 0. The van der Waals surface area contributed by atoms with Crippen LogP contribution < -0.4 is 0 Å². The molecule has 0 saturated heterocycles. The summed E-state index contributed by atoms with van der Waals surface area (Å²) in [6.07, 6.45) is 4.63. The molecule has 1 fully saturated rings. The average Bonchev–Trinajstić information content (AvgIpc) is 2.55. The first-order valence-electron chi connectivity index (χ1n) is 5.94. The Bertz CT molecular complexity index is 286. The van der Waals surface area contributed by atoms with Gasteiger partial charge in [-0.15, -0.1) is 0 Å². The normalized spacial score (nSPS) is 18.8. The Balaban J connectivity index is 2.57. The molecule has 0 aromatic rings. The molecule has 90 valence electrons. The van der Waals surface area contributed by atoms with E-state index in [-0.39, 0.29) is 22.8 Å². The monoisotopic (exact) mass is 224 g/mol. The van der Waals surface area contributed by atoms with Crippen molar-refractivity contribution in [3.8, 4) is 0 Å². The van der Waals surface area contributed by atoms with E-state index in [2.05, 4.69) is 0 Å². The first-order valence-corrected chi connectivity index (χ1v) is 5.94. The van der Waals surface area contributed by atoms with Crippen LogP contribution in [0.2, 0.25) is 0 Å². The molecular weight excluding hydrogens is 204 g/mol. The van der Waals surface area contributed by atoms with Gasteiger partial charge in [0.1, 0.15) is 17.3 Å². The Hall–Kier alpha value is -0.990. The Morgan fingerprint density at radius 2 is 1.62 bits per heavy atom. The predicted octanol–water partition coefficient (Wildman–Crippen LogP) is 2.46. The molecule has 0 amide bonds. The number of carbonyl (C=O) groups is 3. The molecule has 0 radical (unpaired) electrons. The van der Waals surface area contributed by atoms with E-state index in [0.29, 0.717) is 25.7 Å². The maximum Gasteiger partial charge on any atom is 0.133 e. The van der Waals surface area contributed by atoms with E-state index in [9.17, 15) is 14.4 Å². The quantitative estimate of drug-likeness (QED) is 0.696. The summed E-state index contributed by atoms with van der Waals surface area (Å²) in [4.78, 5) is 33.4. The third-order valence-electron chi connectivity index (χ3n) is 3.52. The van der Waals surface area contributed by atoms with Crippen molar-refractivity contribution in [3.63, 3.8) is 0 Å². The molecule has 0 bridgehead atoms. The van der Waals surface area contributed by atoms with Crippen LogP contribution in [-0.4, -0.2) is 17.3 Å². The summed E-state index contributed by atoms with van der Waals surface area (Å²) in [5.74, 6) is 0.621. The smallest absolute Gasteiger partial charge is 0.133 e. The van der Waals surface area contributed by atoms with Gasteiger partial charge < -0.3 is 9.59 Å². The molecule has 0 N–H and O–H groups in total. The lowest BCUT2D eigenvalue weighted by molar-refractivity contribution is -0.120. The van der Waals surface area contributed by atoms with Gasteiger partial charge in [-0.25, -0.2) is 0 Å². The molecule has 0 aromatic heterocycles. The highest BCUT2D eigenvalue weighted by Crippen LogP contribution is 2.44. The van der Waals surface area contributed by atoms with Gasteiger partial charge in [-0.05, 0) is 38.5 Å². The van der Waals surface area contributed by atoms with Crippen molar-refractivity contribution in [3.05, 3.63) is 0 Å². The molecule has 1 aliphatic rings. The maximum absolute atomic E-state index is 11.4. The SMILES string of the molecule is CC(=O)CCC1(CCC(C)=O)CCC(=O)C1. The van der Waals surface area contributed by atoms with Crippen LogP contribution in [0.4, 0.5) is 0 Å². The summed E-state index contributed by atoms with van der Waals surface area (Å²) in [6, 6.07) is 0. The molecule has 0 heterocycles. The highest BCUT2D eigenvalue weighted by Gasteiger charge is 2.37. The Labute approximate surface area is 96.6 Å². The fourth-order valence-corrected chi connectivity index (χ4v) is 2.43. The minimum atomic E-state index is -0.0611. The zero-order valence-electron chi connectivity index (χ0n) is 10.2. The molecule has 16 heavy (non-hydrogen) atoms. The fourth-order valence-electron chi connectivity index (χ4n) is 2.43. The zero-order valence-corrected chi connectivity index (χ0v) is 10.2. The van der Waals surface area contributed by atoms with Crippen LogP contribution in [0.1, 0.15) is 58.8 Å². The molecule has 0 aromatic carbocycles. The molecular formula is C13H20O3. The summed E-state index contributed by atoms with van der Waals surface area (Å²) in [5, 5.41) is 0. The lowest BCUT2D eigenvalue weighted by Gasteiger charge is -2.27. The van der Waals surface area contributed by atoms with Gasteiger partial charge in [0.15, 0.2) is 0 Å². The number of carbonyl (C=O) groups excluding carboxylic acids is 3. The van der Waals surface area contributed by atoms with Gasteiger partial charge in [0.25, 0.3) is 0 Å². The van der Waals surface area contributed by atoms with Gasteiger partial charge in [0.2, 0.25) is 0 Å². The first-order chi connectivity index (χ1) is 7.43. The van der Waals surface area contributed by atoms with Crippen LogP contribution >= 0.6 is 0 Å². The van der Waals surface area contributed by atoms with Crippen LogP contribution in [0.5, 0.6) is 0 Å². The lowest BCUT2D eigenvalue weighted by Crippen LogP contribution is -2.19. The second-order valence-corrected chi connectivity index (χ2v) is 5.12. The summed E-state index contributed by atoms with van der Waals surface area (Å²) in [7, 11) is 0. The molecule has 1 saturated carbocycles. The standard InChI is InChI=1S/C13H20O3/c1-10(14)3-6-13(7-4-11(2)15)8-5-12(16)9-13/h3-9H2,1-2H3. The van der Waals surface area contributed by atoms with Crippen LogP contribution in [0.15, 0.2) is 0 Å². The van der Waals surface area contributed by atoms with Crippen LogP contribution in [0.25, 0.3) is 0 Å². The largest absolute Gasteiger partial charge is 0.300 e. The molecule has 3 nitrogen and oxygen atoms in total. The van der Waals surface area contributed by atoms with Crippen molar-refractivity contribution in [2.24, 2.45) is 5.41 Å². The molecule has 0 aliphatic heterocycles. The number of rotatable bonds is 6. The Morgan fingerprint density at radius 3 is 1.94 bits per heavy atom. The van der Waals surface area contributed by atoms with Crippen molar-refractivity contribution < 1.29 is 14.4 Å². The maximum atomic E-state index is 11.4. The van der Waals surface area contributed by atoms with Crippen LogP contribution in [0, 0.1) is 5.41 Å². The topological polar surface area (TPSA) is 51.2 Å². The van der Waals surface area contributed by atoms with E-state index in [1.54, 1.807) is 13.8 Å². The highest BCUT2D eigenvalue weighted by atomic mass is 16.1. The third kappa shape index (κ3) is 3.87. The Kier molecular flexibility index (Phi) is 4.39. The second-order valence-electron chi connectivity index (χ2n) is 5.12. The van der Waals surface area contributed by atoms with Crippen LogP contribution in [0.3, 0.4) is 0 Å². The van der Waals surface area contributed by atoms with E-state index in [0.717, 1.165) is 19.3 Å². The molecule has 0 spiro atoms. The number of Topliss-reactive ketones (excluding diaryl/α,β-unsaturated/α-hetero) is 3. The Morgan fingerprint density at radius 1 is 1.12 bits per heavy atom. The summed E-state index contributed by atoms with van der Waals surface area (Å²) < 4.78 is 0. The summed E-state index contributed by atoms with van der Waals surface area (Å²) in [5.41, 5.74) is -0.0611. The van der Waals surface area contributed by atoms with E-state index < -0.39 is 0 Å². The molecule has 0 atom stereocenters. The van der Waals surface area contributed by atoms with Crippen molar-refractivity contribution in [2.75, 3.05) is 0 Å². The molecule has 0 unspecified atom stereocenters. The van der Waals surface area contributed by atoms with E-state index in [1.165, 1.54) is 0 Å². The first kappa shape index (κ1) is 13.1. The average molecular weight is 224 g/mol. The zero-order chi connectivity index (χ0) is 12.2. The van der Waals surface area contributed by atoms with Crippen molar-refractivity contribution >= 4 is 17.3 Å². The molecule has 1 rings (SSSR count). The fraction of sp³-hybridized carbons (Fsp3) is 0.769. The van der Waals surface area contributed by atoms with Gasteiger partial charge in [0, 0.05) is 25.7 Å². The van der Waals surface area contributed by atoms with E-state index >= 15 is 0 Å². The third-order valence-corrected chi connectivity index (χ3v) is 3.52. The lowest BCUT2D eigenvalue weighted by atomic mass is 9.76. The van der Waals surface area contributed by atoms with Gasteiger partial charge in [-0.3, -0.25) is 4.79 Å². The van der Waals surface area contributed by atoms with Crippen molar-refractivity contribution in [1.82, 2.24) is 0 Å². The highest BCUT2D eigenvalue weighted by molar-refractivity contribution is 5.82. The van der Waals surface area contributed by atoms with Crippen molar-refractivity contribution in [2.45, 2.75) is 58.8 Å². The second kappa shape index (κ2) is 5.37. The minimum absolute atomic E-state index is 0.0611.